The maximum atomic E-state index is 13.3. The Morgan fingerprint density at radius 1 is 1.11 bits per heavy atom. The molecule has 28 heavy (non-hydrogen) atoms. The van der Waals surface area contributed by atoms with Crippen molar-refractivity contribution in [2.75, 3.05) is 5.75 Å². The van der Waals surface area contributed by atoms with Crippen LogP contribution in [0.4, 0.5) is 35.1 Å². The van der Waals surface area contributed by atoms with Crippen molar-refractivity contribution in [3.8, 4) is 5.69 Å². The lowest BCUT2D eigenvalue weighted by Crippen LogP contribution is -2.37. The third kappa shape index (κ3) is 4.42. The van der Waals surface area contributed by atoms with Crippen molar-refractivity contribution >= 4 is 9.84 Å². The van der Waals surface area contributed by atoms with Crippen molar-refractivity contribution in [3.63, 3.8) is 0 Å². The Morgan fingerprint density at radius 2 is 1.71 bits per heavy atom. The molecule has 0 aliphatic carbocycles. The van der Waals surface area contributed by atoms with Gasteiger partial charge in [-0.2, -0.15) is 40.2 Å². The fourth-order valence-corrected chi connectivity index (χ4v) is 3.00. The molecule has 0 saturated carbocycles. The summed E-state index contributed by atoms with van der Waals surface area (Å²) in [5.41, 5.74) is -2.89. The van der Waals surface area contributed by atoms with E-state index in [9.17, 15) is 43.5 Å². The van der Waals surface area contributed by atoms with Gasteiger partial charge in [0.1, 0.15) is 0 Å². The predicted octanol–water partition coefficient (Wildman–Crippen LogP) is 3.83. The Kier molecular flexibility index (Phi) is 5.49. The molecule has 2 rings (SSSR count). The second-order valence-electron chi connectivity index (χ2n) is 5.39. The quantitative estimate of drug-likeness (QED) is 0.669. The zero-order valence-electron chi connectivity index (χ0n) is 13.7. The molecule has 0 atom stereocenters. The van der Waals surface area contributed by atoms with Gasteiger partial charge in [-0.25, -0.2) is 13.1 Å². The first-order valence-corrected chi connectivity index (χ1v) is 8.90. The topological polar surface area (TPSA) is 64.8 Å². The molecule has 1 radical (unpaired) electrons. The summed E-state index contributed by atoms with van der Waals surface area (Å²) in [4.78, 5) is 2.28. The molecule has 0 N–H and O–H groups in total. The molecule has 0 unspecified atom stereocenters. The van der Waals surface area contributed by atoms with Crippen LogP contribution in [0.5, 0.6) is 0 Å². The number of hydrogen-bond donors (Lipinski definition) is 0. The van der Waals surface area contributed by atoms with E-state index in [4.69, 9.17) is 0 Å². The molecule has 0 aliphatic rings. The van der Waals surface area contributed by atoms with Crippen molar-refractivity contribution < 1.29 is 43.5 Å². The van der Waals surface area contributed by atoms with Gasteiger partial charge in [0.25, 0.3) is 0 Å². The summed E-state index contributed by atoms with van der Waals surface area (Å²) in [6.07, 6.45) is -10.0. The predicted molar refractivity (Wildman–Crippen MR) is 78.5 cm³/mol. The van der Waals surface area contributed by atoms with Crippen LogP contribution >= 0.6 is 0 Å². The summed E-state index contributed by atoms with van der Waals surface area (Å²) in [6, 6.07) is 1.18. The van der Waals surface area contributed by atoms with Gasteiger partial charge >= 0.3 is 18.3 Å². The van der Waals surface area contributed by atoms with Crippen LogP contribution in [0.15, 0.2) is 29.4 Å². The maximum Gasteiger partial charge on any atom is 0.454 e. The molecule has 2 heterocycles. The van der Waals surface area contributed by atoms with Crippen LogP contribution in [-0.2, 0) is 16.0 Å². The highest BCUT2D eigenvalue weighted by Gasteiger charge is 2.58. The number of pyridine rings is 1. The van der Waals surface area contributed by atoms with E-state index >= 15 is 0 Å². The van der Waals surface area contributed by atoms with E-state index in [1.54, 1.807) is 0 Å². The number of aromatic nitrogens is 3. The Labute approximate surface area is 152 Å². The molecule has 0 amide bonds. The highest BCUT2D eigenvalue weighted by molar-refractivity contribution is 7.91. The van der Waals surface area contributed by atoms with E-state index in [-0.39, 0.29) is 5.69 Å². The summed E-state index contributed by atoms with van der Waals surface area (Å²) < 4.78 is 126. The van der Waals surface area contributed by atoms with Gasteiger partial charge in [-0.3, -0.25) is 4.98 Å². The second kappa shape index (κ2) is 6.97. The number of alkyl halides is 8. The molecule has 0 saturated heterocycles. The van der Waals surface area contributed by atoms with Crippen LogP contribution in [0.2, 0.25) is 0 Å². The normalized spacial score (nSPS) is 13.8. The molecule has 2 aromatic rings. The average Bonchev–Trinajstić information content (AvgIpc) is 3.04. The second-order valence-corrected chi connectivity index (χ2v) is 7.64. The highest BCUT2D eigenvalue weighted by atomic mass is 32.2. The van der Waals surface area contributed by atoms with E-state index in [0.717, 1.165) is 13.1 Å². The monoisotopic (exact) mass is 436 g/mol. The fraction of sp³-hybridized carbons (Fsp3) is 0.357. The first-order valence-electron chi connectivity index (χ1n) is 7.25. The lowest BCUT2D eigenvalue weighted by atomic mass is 10.1. The standard InChI is InChI=1S/C14H10F8N3O2S/c1-2-28(26,27)10-5-8(25-4-3-11(24-25)13(17,18)19)7-23-9(10)6-12(15,16)14(20,21)22/h3-7H,2H2,1H3. The molecular weight excluding hydrogens is 426 g/mol. The molecular formula is C14H10F8N3O2S. The van der Waals surface area contributed by atoms with Gasteiger partial charge in [-0.15, -0.1) is 0 Å². The smallest absolute Gasteiger partial charge is 0.257 e. The number of nitrogens with zero attached hydrogens (tertiary/aromatic N) is 3. The molecule has 14 heteroatoms. The first kappa shape index (κ1) is 22.0. The zero-order valence-corrected chi connectivity index (χ0v) is 14.5. The van der Waals surface area contributed by atoms with Gasteiger partial charge < -0.3 is 0 Å². The summed E-state index contributed by atoms with van der Waals surface area (Å²) >= 11 is 0. The van der Waals surface area contributed by atoms with Crippen LogP contribution in [0.1, 0.15) is 18.3 Å². The Balaban J connectivity index is 2.57. The third-order valence-electron chi connectivity index (χ3n) is 3.42. The summed E-state index contributed by atoms with van der Waals surface area (Å²) in [7, 11) is -4.36. The zero-order chi connectivity index (χ0) is 21.5. The minimum absolute atomic E-state index is 0.380. The Hall–Kier alpha value is -2.25. The van der Waals surface area contributed by atoms with Crippen LogP contribution < -0.4 is 0 Å². The van der Waals surface area contributed by atoms with Crippen molar-refractivity contribution in [3.05, 3.63) is 42.3 Å². The third-order valence-corrected chi connectivity index (χ3v) is 5.18. The Bertz CT molecular complexity index is 964. The van der Waals surface area contributed by atoms with Crippen molar-refractivity contribution in [2.24, 2.45) is 0 Å². The maximum absolute atomic E-state index is 13.3. The SMILES string of the molecule is CCS(=O)(=O)c1cc(-n2ccc(C(F)(F)F)n2)cnc1[CH]C(F)(F)C(F)(F)F. The minimum Gasteiger partial charge on any atom is -0.257 e. The van der Waals surface area contributed by atoms with Crippen LogP contribution in [0, 0.1) is 6.42 Å². The molecule has 0 aliphatic heterocycles. The molecule has 0 bridgehead atoms. The highest BCUT2D eigenvalue weighted by Crippen LogP contribution is 2.40. The van der Waals surface area contributed by atoms with Crippen LogP contribution in [0.3, 0.4) is 0 Å². The van der Waals surface area contributed by atoms with Crippen molar-refractivity contribution in [1.82, 2.24) is 14.8 Å². The molecule has 5 nitrogen and oxygen atoms in total. The number of hydrogen-bond acceptors (Lipinski definition) is 4. The van der Waals surface area contributed by atoms with E-state index < -0.39 is 56.6 Å². The van der Waals surface area contributed by atoms with Crippen LogP contribution in [0.25, 0.3) is 5.69 Å². The van der Waals surface area contributed by atoms with E-state index in [2.05, 4.69) is 10.1 Å². The largest absolute Gasteiger partial charge is 0.454 e. The molecule has 155 valence electrons. The fourth-order valence-electron chi connectivity index (χ4n) is 1.96. The lowest BCUT2D eigenvalue weighted by molar-refractivity contribution is -0.265. The summed E-state index contributed by atoms with van der Waals surface area (Å²) in [5, 5.41) is 3.16. The van der Waals surface area contributed by atoms with Gasteiger partial charge in [0.15, 0.2) is 15.5 Å². The summed E-state index contributed by atoms with van der Waals surface area (Å²) in [5.74, 6) is -6.06. The lowest BCUT2D eigenvalue weighted by Gasteiger charge is -2.20. The molecule has 0 aromatic carbocycles. The van der Waals surface area contributed by atoms with E-state index in [1.807, 2.05) is 0 Å². The minimum atomic E-state index is -6.00. The van der Waals surface area contributed by atoms with Gasteiger partial charge in [0.2, 0.25) is 0 Å². The summed E-state index contributed by atoms with van der Waals surface area (Å²) in [6.45, 7) is 1.10. The number of halogens is 8. The van der Waals surface area contributed by atoms with E-state index in [1.165, 1.54) is 0 Å². The van der Waals surface area contributed by atoms with Gasteiger partial charge in [0, 0.05) is 6.20 Å². The molecule has 2 aromatic heterocycles. The van der Waals surface area contributed by atoms with Gasteiger partial charge in [-0.05, 0) is 12.1 Å². The number of rotatable bonds is 5. The Morgan fingerprint density at radius 3 is 2.18 bits per heavy atom. The first-order chi connectivity index (χ1) is 12.6. The van der Waals surface area contributed by atoms with Gasteiger partial charge in [-0.1, -0.05) is 6.92 Å². The average molecular weight is 436 g/mol. The molecule has 0 fully saturated rings. The van der Waals surface area contributed by atoms with Crippen molar-refractivity contribution in [1.29, 1.82) is 0 Å². The molecule has 0 spiro atoms. The van der Waals surface area contributed by atoms with Crippen LogP contribution in [-0.4, -0.2) is 41.0 Å². The number of sulfone groups is 1. The van der Waals surface area contributed by atoms with E-state index in [0.29, 0.717) is 23.0 Å². The van der Waals surface area contributed by atoms with Crippen molar-refractivity contribution in [2.45, 2.75) is 30.1 Å². The van der Waals surface area contributed by atoms with Gasteiger partial charge in [0.05, 0.1) is 34.6 Å².